The van der Waals surface area contributed by atoms with Crippen LogP contribution in [0.3, 0.4) is 0 Å². The Bertz CT molecular complexity index is 1360. The van der Waals surface area contributed by atoms with E-state index in [1.807, 2.05) is 66.9 Å². The smallest absolute Gasteiger partial charge is 0.221 e. The van der Waals surface area contributed by atoms with Gasteiger partial charge in [-0.2, -0.15) is 0 Å². The van der Waals surface area contributed by atoms with E-state index >= 15 is 0 Å². The van der Waals surface area contributed by atoms with Crippen molar-refractivity contribution in [3.63, 3.8) is 0 Å². The number of furan rings is 1. The molecular weight excluding hydrogens is 354 g/mol. The fraction of sp³-hybridized carbons (Fsp3) is 0.143. The third-order valence-corrected chi connectivity index (χ3v) is 4.76. The molecule has 5 aromatic rings. The number of nitrogens with zero attached hydrogens (tertiary/aromatic N) is 5. The highest BCUT2D eigenvalue weighted by atomic mass is 16.3. The number of aromatic nitrogens is 3. The Morgan fingerprint density at radius 2 is 1.71 bits per heavy atom. The number of fused-ring (bicyclic) bond motifs is 4. The van der Waals surface area contributed by atoms with Gasteiger partial charge in [0.2, 0.25) is 11.7 Å². The molecule has 0 saturated heterocycles. The zero-order valence-electron chi connectivity index (χ0n) is 15.4. The molecule has 0 saturated carbocycles. The number of hydrogen-bond donors (Lipinski definition) is 1. The second-order valence-electron chi connectivity index (χ2n) is 6.83. The van der Waals surface area contributed by atoms with Gasteiger partial charge in [-0.25, -0.2) is 9.97 Å². The van der Waals surface area contributed by atoms with Gasteiger partial charge in [0.05, 0.1) is 5.52 Å². The average molecular weight is 371 g/mol. The fourth-order valence-corrected chi connectivity index (χ4v) is 3.53. The van der Waals surface area contributed by atoms with Crippen LogP contribution in [0.25, 0.3) is 33.0 Å². The molecular formula is C21H17N5O2. The molecule has 1 N–H and O–H groups in total. The first-order chi connectivity index (χ1) is 13.6. The molecule has 0 atom stereocenters. The van der Waals surface area contributed by atoms with E-state index in [-0.39, 0.29) is 11.9 Å². The molecule has 7 heteroatoms. The van der Waals surface area contributed by atoms with Gasteiger partial charge >= 0.3 is 0 Å². The number of azo groups is 1. The fourth-order valence-electron chi connectivity index (χ4n) is 3.53. The SMILES string of the molecule is CC(C)n1c(O)c(N=Nc2ncnc3c2oc2ccccc23)c2ccccc21. The van der Waals surface area contributed by atoms with Gasteiger partial charge in [-0.3, -0.25) is 0 Å². The van der Waals surface area contributed by atoms with Crippen molar-refractivity contribution < 1.29 is 9.52 Å². The van der Waals surface area contributed by atoms with E-state index in [2.05, 4.69) is 20.2 Å². The zero-order valence-corrected chi connectivity index (χ0v) is 15.4. The first kappa shape index (κ1) is 16.4. The lowest BCUT2D eigenvalue weighted by Gasteiger charge is -2.10. The molecule has 28 heavy (non-hydrogen) atoms. The van der Waals surface area contributed by atoms with Crippen LogP contribution in [-0.2, 0) is 0 Å². The average Bonchev–Trinajstić information content (AvgIpc) is 3.21. The molecule has 0 amide bonds. The summed E-state index contributed by atoms with van der Waals surface area (Å²) in [7, 11) is 0. The number of hydrogen-bond acceptors (Lipinski definition) is 6. The van der Waals surface area contributed by atoms with Crippen LogP contribution < -0.4 is 0 Å². The highest BCUT2D eigenvalue weighted by molar-refractivity contribution is 6.05. The Labute approximate surface area is 160 Å². The minimum Gasteiger partial charge on any atom is -0.493 e. The summed E-state index contributed by atoms with van der Waals surface area (Å²) in [6.07, 6.45) is 1.44. The molecule has 0 radical (unpaired) electrons. The van der Waals surface area contributed by atoms with E-state index in [1.54, 1.807) is 0 Å². The van der Waals surface area contributed by atoms with Crippen LogP contribution in [0.4, 0.5) is 11.5 Å². The molecule has 7 nitrogen and oxygen atoms in total. The minimum atomic E-state index is 0.0786. The third kappa shape index (κ3) is 2.36. The largest absolute Gasteiger partial charge is 0.493 e. The topological polar surface area (TPSA) is 88.8 Å². The molecule has 5 rings (SSSR count). The molecule has 3 heterocycles. The van der Waals surface area contributed by atoms with Gasteiger partial charge in [0.1, 0.15) is 17.4 Å². The quantitative estimate of drug-likeness (QED) is 0.392. The van der Waals surface area contributed by atoms with E-state index in [9.17, 15) is 5.11 Å². The molecule has 3 aromatic heterocycles. The Morgan fingerprint density at radius 3 is 2.54 bits per heavy atom. The van der Waals surface area contributed by atoms with E-state index in [0.29, 0.717) is 28.2 Å². The van der Waals surface area contributed by atoms with E-state index in [1.165, 1.54) is 6.33 Å². The lowest BCUT2D eigenvalue weighted by molar-refractivity contribution is 0.407. The minimum absolute atomic E-state index is 0.0786. The first-order valence-electron chi connectivity index (χ1n) is 9.01. The van der Waals surface area contributed by atoms with Crippen molar-refractivity contribution in [3.05, 3.63) is 54.9 Å². The number of aromatic hydroxyl groups is 1. The molecule has 0 unspecified atom stereocenters. The van der Waals surface area contributed by atoms with Crippen molar-refractivity contribution in [1.29, 1.82) is 0 Å². The van der Waals surface area contributed by atoms with Gasteiger partial charge in [-0.15, -0.1) is 10.2 Å². The summed E-state index contributed by atoms with van der Waals surface area (Å²) in [5.41, 5.74) is 3.19. The second kappa shape index (κ2) is 6.16. The van der Waals surface area contributed by atoms with Crippen molar-refractivity contribution in [2.75, 3.05) is 0 Å². The zero-order chi connectivity index (χ0) is 19.3. The summed E-state index contributed by atoms with van der Waals surface area (Å²) >= 11 is 0. The highest BCUT2D eigenvalue weighted by Gasteiger charge is 2.19. The predicted octanol–water partition coefficient (Wildman–Crippen LogP) is 6.03. The second-order valence-corrected chi connectivity index (χ2v) is 6.83. The van der Waals surface area contributed by atoms with Crippen LogP contribution in [0.1, 0.15) is 19.9 Å². The summed E-state index contributed by atoms with van der Waals surface area (Å²) < 4.78 is 7.72. The molecule has 0 aliphatic carbocycles. The van der Waals surface area contributed by atoms with E-state index in [0.717, 1.165) is 16.3 Å². The monoisotopic (exact) mass is 371 g/mol. The van der Waals surface area contributed by atoms with Gasteiger partial charge in [-0.05, 0) is 32.0 Å². The summed E-state index contributed by atoms with van der Waals surface area (Å²) in [6.45, 7) is 4.02. The maximum atomic E-state index is 10.7. The van der Waals surface area contributed by atoms with Crippen LogP contribution in [-0.4, -0.2) is 19.6 Å². The Balaban J connectivity index is 1.69. The molecule has 138 valence electrons. The van der Waals surface area contributed by atoms with Crippen molar-refractivity contribution in [3.8, 4) is 5.88 Å². The van der Waals surface area contributed by atoms with Gasteiger partial charge < -0.3 is 14.1 Å². The van der Waals surface area contributed by atoms with Gasteiger partial charge in [0.15, 0.2) is 11.3 Å². The molecule has 0 spiro atoms. The lowest BCUT2D eigenvalue weighted by Crippen LogP contribution is -1.98. The summed E-state index contributed by atoms with van der Waals surface area (Å²) in [5.74, 6) is 0.400. The van der Waals surface area contributed by atoms with Crippen molar-refractivity contribution >= 4 is 44.5 Å². The number of para-hydroxylation sites is 2. The standard InChI is InChI=1S/C21H17N5O2/c1-12(2)26-15-9-5-3-7-13(15)18(21(26)27)24-25-20-19-17(22-11-23-20)14-8-4-6-10-16(14)28-19/h3-12,27H,1-2H3. The van der Waals surface area contributed by atoms with Crippen LogP contribution >= 0.6 is 0 Å². The normalized spacial score (nSPS) is 12.2. The molecule has 0 bridgehead atoms. The summed E-state index contributed by atoms with van der Waals surface area (Å²) in [6, 6.07) is 15.4. The Kier molecular flexibility index (Phi) is 3.61. The predicted molar refractivity (Wildman–Crippen MR) is 107 cm³/mol. The van der Waals surface area contributed by atoms with Gasteiger partial charge in [-0.1, -0.05) is 30.3 Å². The Morgan fingerprint density at radius 1 is 0.964 bits per heavy atom. The molecule has 0 aliphatic heterocycles. The van der Waals surface area contributed by atoms with Crippen LogP contribution in [0, 0.1) is 0 Å². The first-order valence-corrected chi connectivity index (χ1v) is 9.01. The van der Waals surface area contributed by atoms with Gasteiger partial charge in [0, 0.05) is 16.8 Å². The Hall–Kier alpha value is -3.74. The highest BCUT2D eigenvalue weighted by Crippen LogP contribution is 2.41. The van der Waals surface area contributed by atoms with Crippen LogP contribution in [0.15, 0.2) is 69.5 Å². The molecule has 0 fully saturated rings. The number of rotatable bonds is 3. The number of benzene rings is 2. The van der Waals surface area contributed by atoms with E-state index < -0.39 is 0 Å². The summed E-state index contributed by atoms with van der Waals surface area (Å²) in [4.78, 5) is 8.53. The third-order valence-electron chi connectivity index (χ3n) is 4.76. The van der Waals surface area contributed by atoms with Crippen molar-refractivity contribution in [1.82, 2.24) is 14.5 Å². The van der Waals surface area contributed by atoms with Crippen molar-refractivity contribution in [2.45, 2.75) is 19.9 Å². The van der Waals surface area contributed by atoms with Crippen molar-refractivity contribution in [2.24, 2.45) is 10.2 Å². The maximum Gasteiger partial charge on any atom is 0.221 e. The van der Waals surface area contributed by atoms with E-state index in [4.69, 9.17) is 4.42 Å². The maximum absolute atomic E-state index is 10.7. The van der Waals surface area contributed by atoms with Crippen LogP contribution in [0.2, 0.25) is 0 Å². The lowest BCUT2D eigenvalue weighted by atomic mass is 10.2. The molecule has 2 aromatic carbocycles. The molecule has 0 aliphatic rings. The summed E-state index contributed by atoms with van der Waals surface area (Å²) in [5, 5.41) is 21.1. The van der Waals surface area contributed by atoms with Gasteiger partial charge in [0.25, 0.3) is 0 Å². The van der Waals surface area contributed by atoms with Crippen LogP contribution in [0.5, 0.6) is 5.88 Å².